The van der Waals surface area contributed by atoms with E-state index in [1.807, 2.05) is 19.4 Å². The van der Waals surface area contributed by atoms with Crippen molar-refractivity contribution >= 4 is 11.4 Å². The van der Waals surface area contributed by atoms with Crippen molar-refractivity contribution in [1.82, 2.24) is 9.78 Å². The second-order valence-electron chi connectivity index (χ2n) is 5.90. The molecule has 1 fully saturated rings. The van der Waals surface area contributed by atoms with Gasteiger partial charge in [-0.3, -0.25) is 14.8 Å². The summed E-state index contributed by atoms with van der Waals surface area (Å²) in [4.78, 5) is 12.5. The number of nitro groups is 1. The Morgan fingerprint density at radius 3 is 3.00 bits per heavy atom. The van der Waals surface area contributed by atoms with Crippen molar-refractivity contribution < 1.29 is 4.92 Å². The van der Waals surface area contributed by atoms with E-state index in [4.69, 9.17) is 0 Å². The van der Waals surface area contributed by atoms with Gasteiger partial charge in [-0.2, -0.15) is 10.4 Å². The van der Waals surface area contributed by atoms with E-state index < -0.39 is 4.92 Å². The van der Waals surface area contributed by atoms with Crippen LogP contribution in [0.25, 0.3) is 0 Å². The molecule has 1 saturated heterocycles. The van der Waals surface area contributed by atoms with Crippen LogP contribution in [0.15, 0.2) is 30.6 Å². The Bertz CT molecular complexity index is 777. The van der Waals surface area contributed by atoms with Gasteiger partial charge in [0.25, 0.3) is 5.69 Å². The number of hydrogen-bond donors (Lipinski definition) is 0. The standard InChI is InChI=1S/C16H17N5O2/c1-19-10-13(9-18-19)6-12-4-5-20(11-12)16-3-2-15(21(22)23)7-14(16)8-17/h2-3,7,9-10,12H,4-6,11H2,1H3. The van der Waals surface area contributed by atoms with Crippen LogP contribution < -0.4 is 4.90 Å². The average molecular weight is 311 g/mol. The molecule has 2 aromatic rings. The number of rotatable bonds is 4. The largest absolute Gasteiger partial charge is 0.370 e. The molecular formula is C16H17N5O2. The van der Waals surface area contributed by atoms with E-state index >= 15 is 0 Å². The topological polar surface area (TPSA) is 88.0 Å². The molecule has 0 spiro atoms. The number of aromatic nitrogens is 2. The van der Waals surface area contributed by atoms with Crippen LogP contribution in [0.1, 0.15) is 17.5 Å². The fourth-order valence-corrected chi connectivity index (χ4v) is 3.13. The molecule has 0 radical (unpaired) electrons. The van der Waals surface area contributed by atoms with Crippen LogP contribution in [0.3, 0.4) is 0 Å². The summed E-state index contributed by atoms with van der Waals surface area (Å²) in [6.45, 7) is 1.71. The maximum atomic E-state index is 10.8. The summed E-state index contributed by atoms with van der Waals surface area (Å²) in [7, 11) is 1.90. The lowest BCUT2D eigenvalue weighted by molar-refractivity contribution is -0.384. The highest BCUT2D eigenvalue weighted by Crippen LogP contribution is 2.30. The van der Waals surface area contributed by atoms with Gasteiger partial charge in [-0.25, -0.2) is 0 Å². The van der Waals surface area contributed by atoms with Crippen molar-refractivity contribution in [2.45, 2.75) is 12.8 Å². The van der Waals surface area contributed by atoms with Gasteiger partial charge in [-0.15, -0.1) is 0 Å². The SMILES string of the molecule is Cn1cc(CC2CCN(c3ccc([N+](=O)[O-])cc3C#N)C2)cn1. The molecule has 1 unspecified atom stereocenters. The van der Waals surface area contributed by atoms with Crippen LogP contribution in [-0.4, -0.2) is 27.8 Å². The Labute approximate surface area is 133 Å². The number of aryl methyl sites for hydroxylation is 1. The van der Waals surface area contributed by atoms with E-state index in [2.05, 4.69) is 16.1 Å². The molecule has 7 nitrogen and oxygen atoms in total. The Balaban J connectivity index is 1.73. The van der Waals surface area contributed by atoms with Crippen LogP contribution in [0.4, 0.5) is 11.4 Å². The quantitative estimate of drug-likeness (QED) is 0.638. The summed E-state index contributed by atoms with van der Waals surface area (Å²) in [6, 6.07) is 6.57. The monoisotopic (exact) mass is 311 g/mol. The van der Waals surface area contributed by atoms with Crippen LogP contribution in [0, 0.1) is 27.4 Å². The molecule has 0 N–H and O–H groups in total. The third kappa shape index (κ3) is 3.16. The predicted octanol–water partition coefficient (Wildman–Crippen LogP) is 2.27. The maximum absolute atomic E-state index is 10.8. The molecular weight excluding hydrogens is 294 g/mol. The zero-order chi connectivity index (χ0) is 16.4. The minimum atomic E-state index is -0.472. The van der Waals surface area contributed by atoms with E-state index in [9.17, 15) is 15.4 Å². The molecule has 1 aromatic carbocycles. The first-order valence-corrected chi connectivity index (χ1v) is 7.48. The summed E-state index contributed by atoms with van der Waals surface area (Å²) in [5, 5.41) is 24.3. The molecule has 1 aliphatic heterocycles. The Morgan fingerprint density at radius 2 is 2.35 bits per heavy atom. The fourth-order valence-electron chi connectivity index (χ4n) is 3.13. The highest BCUT2D eigenvalue weighted by molar-refractivity contribution is 5.63. The zero-order valence-corrected chi connectivity index (χ0v) is 12.8. The van der Waals surface area contributed by atoms with Gasteiger partial charge in [-0.05, 0) is 30.4 Å². The predicted molar refractivity (Wildman–Crippen MR) is 85.0 cm³/mol. The number of hydrogen-bond acceptors (Lipinski definition) is 5. The Kier molecular flexibility index (Phi) is 3.98. The van der Waals surface area contributed by atoms with Gasteiger partial charge < -0.3 is 4.90 Å². The normalized spacial score (nSPS) is 17.2. The van der Waals surface area contributed by atoms with Crippen LogP contribution in [0.2, 0.25) is 0 Å². The number of nitro benzene ring substituents is 1. The lowest BCUT2D eigenvalue weighted by Gasteiger charge is -2.19. The van der Waals surface area contributed by atoms with Crippen molar-refractivity contribution in [2.75, 3.05) is 18.0 Å². The molecule has 118 valence electrons. The fraction of sp³-hybridized carbons (Fsp3) is 0.375. The van der Waals surface area contributed by atoms with Crippen molar-refractivity contribution in [1.29, 1.82) is 5.26 Å². The maximum Gasteiger partial charge on any atom is 0.270 e. The molecule has 0 saturated carbocycles. The molecule has 2 heterocycles. The summed E-state index contributed by atoms with van der Waals surface area (Å²) < 4.78 is 1.80. The van der Waals surface area contributed by atoms with Gasteiger partial charge >= 0.3 is 0 Å². The van der Waals surface area contributed by atoms with Gasteiger partial charge in [0.05, 0.1) is 22.4 Å². The van der Waals surface area contributed by atoms with E-state index in [1.165, 1.54) is 17.7 Å². The molecule has 23 heavy (non-hydrogen) atoms. The first-order chi connectivity index (χ1) is 11.1. The number of nitrogens with zero attached hydrogens (tertiary/aromatic N) is 5. The lowest BCUT2D eigenvalue weighted by Crippen LogP contribution is -2.21. The summed E-state index contributed by atoms with van der Waals surface area (Å²) in [5.74, 6) is 0.501. The van der Waals surface area contributed by atoms with E-state index in [0.29, 0.717) is 11.5 Å². The van der Waals surface area contributed by atoms with Gasteiger partial charge in [0, 0.05) is 38.5 Å². The van der Waals surface area contributed by atoms with E-state index in [-0.39, 0.29) is 5.69 Å². The van der Waals surface area contributed by atoms with Crippen molar-refractivity contribution in [3.63, 3.8) is 0 Å². The van der Waals surface area contributed by atoms with Crippen LogP contribution >= 0.6 is 0 Å². The summed E-state index contributed by atoms with van der Waals surface area (Å²) >= 11 is 0. The lowest BCUT2D eigenvalue weighted by atomic mass is 10.0. The first-order valence-electron chi connectivity index (χ1n) is 7.48. The van der Waals surface area contributed by atoms with Gasteiger partial charge in [0.2, 0.25) is 0 Å². The number of nitriles is 1. The van der Waals surface area contributed by atoms with Crippen LogP contribution in [0.5, 0.6) is 0 Å². The number of benzene rings is 1. The minimum absolute atomic E-state index is 0.0450. The van der Waals surface area contributed by atoms with Gasteiger partial charge in [0.15, 0.2) is 0 Å². The number of non-ortho nitro benzene ring substituents is 1. The Morgan fingerprint density at radius 1 is 1.52 bits per heavy atom. The van der Waals surface area contributed by atoms with Crippen molar-refractivity contribution in [2.24, 2.45) is 13.0 Å². The average Bonchev–Trinajstić information content (AvgIpc) is 3.16. The summed E-state index contributed by atoms with van der Waals surface area (Å²) in [5.41, 5.74) is 2.31. The molecule has 7 heteroatoms. The molecule has 1 atom stereocenters. The minimum Gasteiger partial charge on any atom is -0.370 e. The third-order valence-corrected chi connectivity index (χ3v) is 4.22. The number of anilines is 1. The van der Waals surface area contributed by atoms with Gasteiger partial charge in [0.1, 0.15) is 6.07 Å². The molecule has 1 aliphatic rings. The first kappa shape index (κ1) is 15.0. The smallest absolute Gasteiger partial charge is 0.270 e. The van der Waals surface area contributed by atoms with Crippen molar-refractivity contribution in [3.8, 4) is 6.07 Å². The molecule has 1 aromatic heterocycles. The second kappa shape index (κ2) is 6.08. The van der Waals surface area contributed by atoms with Crippen LogP contribution in [-0.2, 0) is 13.5 Å². The summed E-state index contributed by atoms with van der Waals surface area (Å²) in [6.07, 6.45) is 5.90. The molecule has 0 amide bonds. The molecule has 0 aliphatic carbocycles. The Hall–Kier alpha value is -2.88. The molecule has 0 bridgehead atoms. The van der Waals surface area contributed by atoms with E-state index in [1.54, 1.807) is 10.7 Å². The highest BCUT2D eigenvalue weighted by Gasteiger charge is 2.25. The van der Waals surface area contributed by atoms with Gasteiger partial charge in [-0.1, -0.05) is 0 Å². The highest BCUT2D eigenvalue weighted by atomic mass is 16.6. The molecule has 3 rings (SSSR count). The second-order valence-corrected chi connectivity index (χ2v) is 5.90. The third-order valence-electron chi connectivity index (χ3n) is 4.22. The van der Waals surface area contributed by atoms with Crippen molar-refractivity contribution in [3.05, 3.63) is 51.8 Å². The zero-order valence-electron chi connectivity index (χ0n) is 12.8. The van der Waals surface area contributed by atoms with E-state index in [0.717, 1.165) is 31.6 Å².